The largest absolute Gasteiger partial charge is 0.320 e. The minimum Gasteiger partial charge on any atom is -0.320 e. The van der Waals surface area contributed by atoms with Gasteiger partial charge in [-0.1, -0.05) is 45.7 Å². The number of benzene rings is 2. The Bertz CT molecular complexity index is 631. The van der Waals surface area contributed by atoms with Crippen molar-refractivity contribution < 1.29 is 8.78 Å². The summed E-state index contributed by atoms with van der Waals surface area (Å²) in [6.07, 6.45) is 0. The molecule has 0 saturated heterocycles. The molecule has 0 aromatic heterocycles. The molecule has 1 atom stereocenters. The monoisotopic (exact) mass is 345 g/mol. The van der Waals surface area contributed by atoms with Gasteiger partial charge in [0.25, 0.3) is 0 Å². The first kappa shape index (κ1) is 14.4. The van der Waals surface area contributed by atoms with Gasteiger partial charge in [-0.15, -0.1) is 0 Å². The van der Waals surface area contributed by atoms with E-state index in [0.29, 0.717) is 5.56 Å². The van der Waals surface area contributed by atoms with Crippen molar-refractivity contribution >= 4 is 27.5 Å². The zero-order valence-electron chi connectivity index (χ0n) is 10.1. The van der Waals surface area contributed by atoms with E-state index in [9.17, 15) is 8.78 Å². The molecule has 0 spiro atoms. The zero-order valence-corrected chi connectivity index (χ0v) is 12.4. The lowest BCUT2D eigenvalue weighted by atomic mass is 9.98. The number of nitrogens with two attached hydrogens (primary N) is 1. The summed E-state index contributed by atoms with van der Waals surface area (Å²) >= 11 is 9.38. The molecule has 5 heteroatoms. The van der Waals surface area contributed by atoms with Gasteiger partial charge in [-0.3, -0.25) is 0 Å². The van der Waals surface area contributed by atoms with Crippen LogP contribution in [0.1, 0.15) is 22.7 Å². The predicted molar refractivity (Wildman–Crippen MR) is 76.3 cm³/mol. The van der Waals surface area contributed by atoms with Crippen LogP contribution < -0.4 is 5.73 Å². The van der Waals surface area contributed by atoms with E-state index in [-0.39, 0.29) is 5.02 Å². The topological polar surface area (TPSA) is 26.0 Å². The average molecular weight is 347 g/mol. The van der Waals surface area contributed by atoms with Crippen LogP contribution in [0.4, 0.5) is 8.78 Å². The number of hydrogen-bond donors (Lipinski definition) is 1. The summed E-state index contributed by atoms with van der Waals surface area (Å²) in [5.74, 6) is -1.94. The number of rotatable bonds is 2. The van der Waals surface area contributed by atoms with E-state index in [4.69, 9.17) is 17.3 Å². The van der Waals surface area contributed by atoms with Gasteiger partial charge >= 0.3 is 0 Å². The van der Waals surface area contributed by atoms with Crippen LogP contribution in [0, 0.1) is 18.6 Å². The molecule has 0 amide bonds. The molecular weight excluding hydrogens is 336 g/mol. The van der Waals surface area contributed by atoms with Gasteiger partial charge in [0, 0.05) is 9.50 Å². The minimum atomic E-state index is -0.982. The molecule has 2 rings (SSSR count). The smallest absolute Gasteiger partial charge is 0.160 e. The minimum absolute atomic E-state index is 0.111. The van der Waals surface area contributed by atoms with Crippen LogP contribution in [0.2, 0.25) is 5.02 Å². The number of halogens is 4. The Balaban J connectivity index is 2.53. The fourth-order valence-electron chi connectivity index (χ4n) is 1.85. The molecule has 19 heavy (non-hydrogen) atoms. The molecule has 0 radical (unpaired) electrons. The molecule has 1 nitrogen and oxygen atoms in total. The summed E-state index contributed by atoms with van der Waals surface area (Å²) in [4.78, 5) is 0. The van der Waals surface area contributed by atoms with Gasteiger partial charge < -0.3 is 5.73 Å². The van der Waals surface area contributed by atoms with E-state index in [0.717, 1.165) is 27.7 Å². The number of aryl methyl sites for hydroxylation is 1. The first-order valence-electron chi connectivity index (χ1n) is 5.57. The summed E-state index contributed by atoms with van der Waals surface area (Å²) in [7, 11) is 0. The van der Waals surface area contributed by atoms with Crippen LogP contribution in [0.25, 0.3) is 0 Å². The number of hydrogen-bond acceptors (Lipinski definition) is 1. The highest BCUT2D eigenvalue weighted by molar-refractivity contribution is 9.10. The fourth-order valence-corrected chi connectivity index (χ4v) is 2.63. The van der Waals surface area contributed by atoms with Gasteiger partial charge in [0.1, 0.15) is 0 Å². The lowest BCUT2D eigenvalue weighted by Crippen LogP contribution is -2.14. The second-order valence-electron chi connectivity index (χ2n) is 4.24. The Morgan fingerprint density at radius 1 is 1.16 bits per heavy atom. The Labute approximate surface area is 123 Å². The standard InChI is InChI=1S/C14H11BrClF2N/c1-7-3-2-4-8(13(7)15)14(19)9-5-11(17)12(18)6-10(9)16/h2-6,14H,19H2,1H3. The normalized spacial score (nSPS) is 12.5. The summed E-state index contributed by atoms with van der Waals surface area (Å²) < 4.78 is 27.2. The van der Waals surface area contributed by atoms with Gasteiger partial charge in [0.05, 0.1) is 6.04 Å². The lowest BCUT2D eigenvalue weighted by molar-refractivity contribution is 0.506. The van der Waals surface area contributed by atoms with Crippen molar-refractivity contribution in [3.8, 4) is 0 Å². The maximum Gasteiger partial charge on any atom is 0.160 e. The van der Waals surface area contributed by atoms with Crippen LogP contribution in [-0.4, -0.2) is 0 Å². The summed E-state index contributed by atoms with van der Waals surface area (Å²) in [6.45, 7) is 1.92. The maximum atomic E-state index is 13.3. The molecule has 2 aromatic carbocycles. The highest BCUT2D eigenvalue weighted by atomic mass is 79.9. The first-order chi connectivity index (χ1) is 8.91. The molecule has 0 aliphatic carbocycles. The Hall–Kier alpha value is -0.970. The van der Waals surface area contributed by atoms with E-state index in [1.54, 1.807) is 0 Å². The van der Waals surface area contributed by atoms with E-state index in [1.807, 2.05) is 25.1 Å². The third-order valence-electron chi connectivity index (χ3n) is 2.93. The SMILES string of the molecule is Cc1cccc(C(N)c2cc(F)c(F)cc2Cl)c1Br. The second-order valence-corrected chi connectivity index (χ2v) is 5.44. The highest BCUT2D eigenvalue weighted by Crippen LogP contribution is 2.33. The van der Waals surface area contributed by atoms with Crippen molar-refractivity contribution in [3.05, 3.63) is 68.2 Å². The van der Waals surface area contributed by atoms with E-state index in [1.165, 1.54) is 0 Å². The van der Waals surface area contributed by atoms with Crippen LogP contribution in [0.15, 0.2) is 34.8 Å². The van der Waals surface area contributed by atoms with Crippen LogP contribution >= 0.6 is 27.5 Å². The maximum absolute atomic E-state index is 13.3. The Morgan fingerprint density at radius 3 is 2.47 bits per heavy atom. The van der Waals surface area contributed by atoms with E-state index < -0.39 is 17.7 Å². The Kier molecular flexibility index (Phi) is 4.23. The molecule has 100 valence electrons. The summed E-state index contributed by atoms with van der Waals surface area (Å²) in [6, 6.07) is 6.94. The third-order valence-corrected chi connectivity index (χ3v) is 4.34. The molecule has 1 unspecified atom stereocenters. The van der Waals surface area contributed by atoms with Crippen LogP contribution in [-0.2, 0) is 0 Å². The van der Waals surface area contributed by atoms with Gasteiger partial charge in [-0.2, -0.15) is 0 Å². The van der Waals surface area contributed by atoms with E-state index in [2.05, 4.69) is 15.9 Å². The lowest BCUT2D eigenvalue weighted by Gasteiger charge is -2.17. The quantitative estimate of drug-likeness (QED) is 0.781. The first-order valence-corrected chi connectivity index (χ1v) is 6.74. The second kappa shape index (κ2) is 5.57. The molecule has 2 aromatic rings. The molecule has 0 fully saturated rings. The molecule has 0 aliphatic rings. The van der Waals surface area contributed by atoms with Gasteiger partial charge in [0.15, 0.2) is 11.6 Å². The van der Waals surface area contributed by atoms with Crippen molar-refractivity contribution in [2.24, 2.45) is 5.73 Å². The van der Waals surface area contributed by atoms with Gasteiger partial charge in [-0.05, 0) is 35.7 Å². The molecular formula is C14H11BrClF2N. The summed E-state index contributed by atoms with van der Waals surface area (Å²) in [5.41, 5.74) is 8.23. The van der Waals surface area contributed by atoms with Crippen LogP contribution in [0.5, 0.6) is 0 Å². The molecule has 0 aliphatic heterocycles. The average Bonchev–Trinajstić information content (AvgIpc) is 2.36. The van der Waals surface area contributed by atoms with Gasteiger partial charge in [0.2, 0.25) is 0 Å². The van der Waals surface area contributed by atoms with Crippen molar-refractivity contribution in [1.29, 1.82) is 0 Å². The van der Waals surface area contributed by atoms with Crippen molar-refractivity contribution in [2.75, 3.05) is 0 Å². The van der Waals surface area contributed by atoms with Crippen molar-refractivity contribution in [2.45, 2.75) is 13.0 Å². The highest BCUT2D eigenvalue weighted by Gasteiger charge is 2.18. The van der Waals surface area contributed by atoms with Gasteiger partial charge in [-0.25, -0.2) is 8.78 Å². The molecule has 2 N–H and O–H groups in total. The molecule has 0 heterocycles. The molecule has 0 bridgehead atoms. The zero-order chi connectivity index (χ0) is 14.2. The predicted octanol–water partition coefficient (Wildman–Crippen LogP) is 4.74. The van der Waals surface area contributed by atoms with E-state index >= 15 is 0 Å². The fraction of sp³-hybridized carbons (Fsp3) is 0.143. The van der Waals surface area contributed by atoms with Crippen molar-refractivity contribution in [1.82, 2.24) is 0 Å². The summed E-state index contributed by atoms with van der Waals surface area (Å²) in [5, 5.41) is 0.111. The van der Waals surface area contributed by atoms with Crippen molar-refractivity contribution in [3.63, 3.8) is 0 Å². The van der Waals surface area contributed by atoms with Crippen LogP contribution in [0.3, 0.4) is 0 Å². The third kappa shape index (κ3) is 2.81. The Morgan fingerprint density at radius 2 is 1.79 bits per heavy atom. The molecule has 0 saturated carbocycles.